The molecule has 0 aromatic heterocycles. The van der Waals surface area contributed by atoms with Crippen molar-refractivity contribution in [1.82, 2.24) is 0 Å². The van der Waals surface area contributed by atoms with E-state index in [-0.39, 0.29) is 0 Å². The number of halogens is 8. The van der Waals surface area contributed by atoms with Gasteiger partial charge in [-0.15, -0.1) is 0 Å². The molecule has 0 nitrogen and oxygen atoms in total. The summed E-state index contributed by atoms with van der Waals surface area (Å²) in [6.45, 7) is 0. The summed E-state index contributed by atoms with van der Waals surface area (Å²) < 4.78 is 92.9. The predicted molar refractivity (Wildman–Crippen MR) is 30.9 cm³/mol. The van der Waals surface area contributed by atoms with Crippen molar-refractivity contribution in [2.75, 3.05) is 0 Å². The fourth-order valence-corrected chi connectivity index (χ4v) is 0.706. The first-order valence-electron chi connectivity index (χ1n) is 3.43. The van der Waals surface area contributed by atoms with Gasteiger partial charge in [0.05, 0.1) is 0 Å². The molecular weight excluding hydrogens is 224 g/mol. The maximum atomic E-state index is 12.2. The molecule has 0 spiro atoms. The van der Waals surface area contributed by atoms with Crippen LogP contribution in [-0.2, 0) is 0 Å². The van der Waals surface area contributed by atoms with Crippen LogP contribution in [0.3, 0.4) is 0 Å². The molecule has 0 rings (SSSR count). The van der Waals surface area contributed by atoms with E-state index in [2.05, 4.69) is 0 Å². The molecular formula is C6H6F8. The summed E-state index contributed by atoms with van der Waals surface area (Å²) in [5.41, 5.74) is 0. The Kier molecular flexibility index (Phi) is 3.74. The zero-order chi connectivity index (χ0) is 11.6. The van der Waals surface area contributed by atoms with Crippen LogP contribution in [-0.4, -0.2) is 18.3 Å². The normalized spacial score (nSPS) is 14.6. The summed E-state index contributed by atoms with van der Waals surface area (Å²) in [5.74, 6) is -4.35. The molecule has 0 atom stereocenters. The van der Waals surface area contributed by atoms with Gasteiger partial charge in [-0.3, -0.25) is 0 Å². The van der Waals surface area contributed by atoms with Crippen molar-refractivity contribution < 1.29 is 35.1 Å². The van der Waals surface area contributed by atoms with E-state index in [1.54, 1.807) is 0 Å². The zero-order valence-corrected chi connectivity index (χ0v) is 6.65. The second kappa shape index (κ2) is 3.90. The average Bonchev–Trinajstić information content (AvgIpc) is 1.76. The molecule has 0 aromatic carbocycles. The highest BCUT2D eigenvalue weighted by atomic mass is 19.4. The maximum absolute atomic E-state index is 12.2. The molecule has 0 amide bonds. The minimum atomic E-state index is -5.16. The summed E-state index contributed by atoms with van der Waals surface area (Å²) in [4.78, 5) is 0. The second-order valence-corrected chi connectivity index (χ2v) is 2.76. The Balaban J connectivity index is 4.09. The molecule has 0 aliphatic carbocycles. The Hall–Kier alpha value is -0.560. The van der Waals surface area contributed by atoms with Crippen LogP contribution in [0.5, 0.6) is 0 Å². The fraction of sp³-hybridized carbons (Fsp3) is 1.00. The van der Waals surface area contributed by atoms with Crippen molar-refractivity contribution in [3.05, 3.63) is 0 Å². The lowest BCUT2D eigenvalue weighted by Gasteiger charge is -2.18. The molecule has 0 aromatic rings. The Morgan fingerprint density at radius 3 is 1.29 bits per heavy atom. The topological polar surface area (TPSA) is 0 Å². The third kappa shape index (κ3) is 8.06. The highest BCUT2D eigenvalue weighted by molar-refractivity contribution is 4.72. The fourth-order valence-electron chi connectivity index (χ4n) is 0.706. The summed E-state index contributed by atoms with van der Waals surface area (Å²) in [6.07, 6.45) is -16.3. The van der Waals surface area contributed by atoms with Gasteiger partial charge in [0.25, 0.3) is 5.92 Å². The Morgan fingerprint density at radius 1 is 0.571 bits per heavy atom. The highest BCUT2D eigenvalue weighted by Crippen LogP contribution is 2.37. The van der Waals surface area contributed by atoms with Crippen molar-refractivity contribution in [2.24, 2.45) is 0 Å². The molecule has 0 radical (unpaired) electrons. The monoisotopic (exact) mass is 230 g/mol. The first kappa shape index (κ1) is 13.4. The first-order chi connectivity index (χ1) is 5.91. The molecule has 0 bridgehead atoms. The lowest BCUT2D eigenvalue weighted by Crippen LogP contribution is -2.27. The van der Waals surface area contributed by atoms with Gasteiger partial charge in [0.15, 0.2) is 0 Å². The van der Waals surface area contributed by atoms with Crippen molar-refractivity contribution in [3.63, 3.8) is 0 Å². The van der Waals surface area contributed by atoms with Gasteiger partial charge in [0.1, 0.15) is 6.42 Å². The summed E-state index contributed by atoms with van der Waals surface area (Å²) in [7, 11) is 0. The van der Waals surface area contributed by atoms with Crippen LogP contribution < -0.4 is 0 Å². The third-order valence-electron chi connectivity index (χ3n) is 1.23. The molecule has 0 N–H and O–H groups in total. The number of rotatable bonds is 3. The molecule has 0 aliphatic heterocycles. The molecule has 0 saturated carbocycles. The molecule has 8 heteroatoms. The van der Waals surface area contributed by atoms with Gasteiger partial charge in [0, 0.05) is 12.8 Å². The largest absolute Gasteiger partial charge is 0.394 e. The van der Waals surface area contributed by atoms with Crippen molar-refractivity contribution in [3.8, 4) is 0 Å². The van der Waals surface area contributed by atoms with E-state index >= 15 is 0 Å². The van der Waals surface area contributed by atoms with Crippen LogP contribution >= 0.6 is 0 Å². The summed E-state index contributed by atoms with van der Waals surface area (Å²) in [5, 5.41) is 0. The van der Waals surface area contributed by atoms with Crippen molar-refractivity contribution in [2.45, 2.75) is 37.5 Å². The van der Waals surface area contributed by atoms with Crippen LogP contribution in [0.4, 0.5) is 35.1 Å². The van der Waals surface area contributed by atoms with Crippen molar-refractivity contribution in [1.29, 1.82) is 0 Å². The van der Waals surface area contributed by atoms with E-state index in [4.69, 9.17) is 0 Å². The Bertz CT molecular complexity index is 175. The SMILES string of the molecule is FC(F)(F)CCC(F)(F)CC(F)(F)F. The predicted octanol–water partition coefficient (Wildman–Crippen LogP) is 3.92. The van der Waals surface area contributed by atoms with Crippen LogP contribution in [0.15, 0.2) is 0 Å². The van der Waals surface area contributed by atoms with E-state index in [0.717, 1.165) is 0 Å². The van der Waals surface area contributed by atoms with E-state index in [9.17, 15) is 35.1 Å². The lowest BCUT2D eigenvalue weighted by atomic mass is 10.1. The van der Waals surface area contributed by atoms with Gasteiger partial charge in [-0.2, -0.15) is 26.3 Å². The van der Waals surface area contributed by atoms with Gasteiger partial charge in [-0.25, -0.2) is 8.78 Å². The van der Waals surface area contributed by atoms with E-state index in [0.29, 0.717) is 0 Å². The molecule has 0 heterocycles. The molecule has 0 unspecified atom stereocenters. The lowest BCUT2D eigenvalue weighted by molar-refractivity contribution is -0.201. The maximum Gasteiger partial charge on any atom is 0.394 e. The average molecular weight is 230 g/mol. The smallest absolute Gasteiger partial charge is 0.207 e. The summed E-state index contributed by atoms with van der Waals surface area (Å²) >= 11 is 0. The molecule has 0 saturated heterocycles. The van der Waals surface area contributed by atoms with E-state index in [1.165, 1.54) is 0 Å². The molecule has 0 fully saturated rings. The van der Waals surface area contributed by atoms with E-state index < -0.39 is 37.5 Å². The quantitative estimate of drug-likeness (QED) is 0.644. The Labute approximate surface area is 73.9 Å². The van der Waals surface area contributed by atoms with Gasteiger partial charge in [-0.1, -0.05) is 0 Å². The highest BCUT2D eigenvalue weighted by Gasteiger charge is 2.45. The van der Waals surface area contributed by atoms with Gasteiger partial charge >= 0.3 is 12.4 Å². The number of hydrogen-bond acceptors (Lipinski definition) is 0. The van der Waals surface area contributed by atoms with Gasteiger partial charge < -0.3 is 0 Å². The van der Waals surface area contributed by atoms with Crippen LogP contribution in [0.25, 0.3) is 0 Å². The summed E-state index contributed by atoms with van der Waals surface area (Å²) in [6, 6.07) is 0. The minimum Gasteiger partial charge on any atom is -0.207 e. The van der Waals surface area contributed by atoms with E-state index in [1.807, 2.05) is 0 Å². The van der Waals surface area contributed by atoms with Crippen molar-refractivity contribution >= 4 is 0 Å². The van der Waals surface area contributed by atoms with Crippen LogP contribution in [0.2, 0.25) is 0 Å². The Morgan fingerprint density at radius 2 is 1.00 bits per heavy atom. The van der Waals surface area contributed by atoms with Gasteiger partial charge in [0.2, 0.25) is 0 Å². The third-order valence-corrected chi connectivity index (χ3v) is 1.23. The number of hydrogen-bond donors (Lipinski definition) is 0. The second-order valence-electron chi connectivity index (χ2n) is 2.76. The van der Waals surface area contributed by atoms with Crippen LogP contribution in [0.1, 0.15) is 19.3 Å². The van der Waals surface area contributed by atoms with Crippen LogP contribution in [0, 0.1) is 0 Å². The zero-order valence-electron chi connectivity index (χ0n) is 6.65. The standard InChI is InChI=1S/C6H6F8/c7-4(8,3-6(12,13)14)1-2-5(9,10)11/h1-3H2. The molecule has 86 valence electrons. The number of alkyl halides is 8. The van der Waals surface area contributed by atoms with Gasteiger partial charge in [-0.05, 0) is 0 Å². The minimum absolute atomic E-state index is 1.84. The first-order valence-corrected chi connectivity index (χ1v) is 3.43. The molecule has 14 heavy (non-hydrogen) atoms. The molecule has 0 aliphatic rings.